The van der Waals surface area contributed by atoms with Crippen molar-refractivity contribution >= 4 is 29.2 Å². The molecule has 1 fully saturated rings. The zero-order chi connectivity index (χ0) is 19.2. The molecule has 1 aromatic heterocycles. The number of piperidine rings is 1. The van der Waals surface area contributed by atoms with Gasteiger partial charge in [0.05, 0.1) is 5.69 Å². The molecule has 2 heterocycles. The first-order valence-corrected chi connectivity index (χ1v) is 11.3. The maximum Gasteiger partial charge on any atom is 0.161 e. The maximum atomic E-state index is 5.98. The topological polar surface area (TPSA) is 29.0 Å². The molecule has 3 nitrogen and oxygen atoms in total. The third-order valence-corrected chi connectivity index (χ3v) is 6.20. The van der Waals surface area contributed by atoms with E-state index in [1.54, 1.807) is 0 Å². The van der Waals surface area contributed by atoms with Crippen LogP contribution in [0.15, 0.2) is 60.7 Å². The van der Waals surface area contributed by atoms with Crippen LogP contribution in [0.1, 0.15) is 30.5 Å². The Morgan fingerprint density at radius 1 is 0.857 bits per heavy atom. The second-order valence-electron chi connectivity index (χ2n) is 7.07. The summed E-state index contributed by atoms with van der Waals surface area (Å²) >= 11 is 7.85. The first kappa shape index (κ1) is 19.3. The number of benzene rings is 2. The molecule has 144 valence electrons. The highest BCUT2D eigenvalue weighted by molar-refractivity contribution is 7.97. The monoisotopic (exact) mass is 409 g/mol. The molecule has 0 saturated carbocycles. The van der Waals surface area contributed by atoms with Gasteiger partial charge in [-0.25, -0.2) is 9.97 Å². The molecule has 3 aromatic rings. The number of thioether (sulfide) groups is 1. The summed E-state index contributed by atoms with van der Waals surface area (Å²) in [6.45, 7) is 2.17. The van der Waals surface area contributed by atoms with Crippen LogP contribution in [0.3, 0.4) is 0 Å². The van der Waals surface area contributed by atoms with E-state index in [2.05, 4.69) is 35.2 Å². The molecule has 1 aliphatic rings. The molecule has 1 aliphatic heterocycles. The number of hydrogen-bond donors (Lipinski definition) is 0. The minimum absolute atomic E-state index is 0.781. The Bertz CT molecular complexity index is 893. The molecule has 0 unspecified atom stereocenters. The van der Waals surface area contributed by atoms with Crippen molar-refractivity contribution < 1.29 is 0 Å². The lowest BCUT2D eigenvalue weighted by molar-refractivity contribution is 0.573. The van der Waals surface area contributed by atoms with Crippen molar-refractivity contribution in [2.45, 2.75) is 30.8 Å². The van der Waals surface area contributed by atoms with Crippen LogP contribution in [0, 0.1) is 0 Å². The quantitative estimate of drug-likeness (QED) is 0.483. The molecule has 0 radical (unpaired) electrons. The van der Waals surface area contributed by atoms with Crippen molar-refractivity contribution in [3.8, 4) is 11.4 Å². The lowest BCUT2D eigenvalue weighted by Gasteiger charge is -2.28. The smallest absolute Gasteiger partial charge is 0.161 e. The SMILES string of the molecule is Clc1ccc(CSCc2cc(N3CCCCC3)nc(-c3ccccc3)n2)cc1. The lowest BCUT2D eigenvalue weighted by atomic mass is 10.1. The predicted molar refractivity (Wildman–Crippen MR) is 120 cm³/mol. The van der Waals surface area contributed by atoms with E-state index < -0.39 is 0 Å². The predicted octanol–water partition coefficient (Wildman–Crippen LogP) is 6.22. The van der Waals surface area contributed by atoms with Crippen LogP contribution in [0.25, 0.3) is 11.4 Å². The van der Waals surface area contributed by atoms with E-state index in [0.717, 1.165) is 52.5 Å². The number of halogens is 1. The maximum absolute atomic E-state index is 5.98. The van der Waals surface area contributed by atoms with Crippen LogP contribution in [-0.2, 0) is 11.5 Å². The molecule has 0 N–H and O–H groups in total. The van der Waals surface area contributed by atoms with E-state index in [1.807, 2.05) is 42.1 Å². The van der Waals surface area contributed by atoms with Gasteiger partial charge in [0, 0.05) is 41.2 Å². The number of hydrogen-bond acceptors (Lipinski definition) is 4. The third kappa shape index (κ3) is 5.06. The van der Waals surface area contributed by atoms with Crippen LogP contribution in [-0.4, -0.2) is 23.1 Å². The Morgan fingerprint density at radius 3 is 2.36 bits per heavy atom. The Kier molecular flexibility index (Phi) is 6.50. The highest BCUT2D eigenvalue weighted by Crippen LogP contribution is 2.26. The van der Waals surface area contributed by atoms with Crippen molar-refractivity contribution in [1.29, 1.82) is 0 Å². The fraction of sp³-hybridized carbons (Fsp3) is 0.304. The standard InChI is InChI=1S/C23H24ClN3S/c24-20-11-9-18(10-12-20)16-28-17-21-15-22(27-13-5-2-6-14-27)26-23(25-21)19-7-3-1-4-8-19/h1,3-4,7-12,15H,2,5-6,13-14,16-17H2. The van der Waals surface area contributed by atoms with Crippen LogP contribution in [0.2, 0.25) is 5.02 Å². The van der Waals surface area contributed by atoms with Crippen molar-refractivity contribution in [3.05, 3.63) is 76.9 Å². The first-order chi connectivity index (χ1) is 13.8. The Morgan fingerprint density at radius 2 is 1.61 bits per heavy atom. The molecule has 0 atom stereocenters. The van der Waals surface area contributed by atoms with Crippen LogP contribution >= 0.6 is 23.4 Å². The normalized spacial score (nSPS) is 14.2. The van der Waals surface area contributed by atoms with E-state index in [9.17, 15) is 0 Å². The van der Waals surface area contributed by atoms with Gasteiger partial charge in [0.1, 0.15) is 5.82 Å². The van der Waals surface area contributed by atoms with Crippen LogP contribution < -0.4 is 4.90 Å². The molecule has 0 bridgehead atoms. The Labute approximate surface area is 176 Å². The molecule has 4 rings (SSSR count). The summed E-state index contributed by atoms with van der Waals surface area (Å²) in [4.78, 5) is 12.2. The average Bonchev–Trinajstić information content (AvgIpc) is 2.76. The fourth-order valence-electron chi connectivity index (χ4n) is 3.41. The highest BCUT2D eigenvalue weighted by Gasteiger charge is 2.15. The van der Waals surface area contributed by atoms with Gasteiger partial charge in [-0.2, -0.15) is 11.8 Å². The van der Waals surface area contributed by atoms with Crippen LogP contribution in [0.5, 0.6) is 0 Å². The van der Waals surface area contributed by atoms with Gasteiger partial charge in [0.25, 0.3) is 0 Å². The van der Waals surface area contributed by atoms with Gasteiger partial charge in [-0.05, 0) is 37.0 Å². The van der Waals surface area contributed by atoms with Crippen molar-refractivity contribution in [2.75, 3.05) is 18.0 Å². The second-order valence-corrected chi connectivity index (χ2v) is 8.50. The summed E-state index contributed by atoms with van der Waals surface area (Å²) in [6.07, 6.45) is 3.80. The molecule has 0 amide bonds. The number of nitrogens with zero attached hydrogens (tertiary/aromatic N) is 3. The van der Waals surface area contributed by atoms with E-state index in [-0.39, 0.29) is 0 Å². The van der Waals surface area contributed by atoms with Crippen molar-refractivity contribution in [1.82, 2.24) is 9.97 Å². The van der Waals surface area contributed by atoms with Crippen LogP contribution in [0.4, 0.5) is 5.82 Å². The third-order valence-electron chi connectivity index (χ3n) is 4.91. The largest absolute Gasteiger partial charge is 0.356 e. The summed E-state index contributed by atoms with van der Waals surface area (Å²) in [5.74, 6) is 3.70. The van der Waals surface area contributed by atoms with Gasteiger partial charge in [0.15, 0.2) is 5.82 Å². The lowest BCUT2D eigenvalue weighted by Crippen LogP contribution is -2.30. The van der Waals surface area contributed by atoms with Gasteiger partial charge in [-0.1, -0.05) is 54.1 Å². The van der Waals surface area contributed by atoms with Crippen molar-refractivity contribution in [3.63, 3.8) is 0 Å². The van der Waals surface area contributed by atoms with Gasteiger partial charge in [-0.15, -0.1) is 0 Å². The molecular formula is C23H24ClN3S. The molecular weight excluding hydrogens is 386 g/mol. The molecule has 0 spiro atoms. The zero-order valence-corrected chi connectivity index (χ0v) is 17.4. The molecule has 2 aromatic carbocycles. The van der Waals surface area contributed by atoms with Crippen molar-refractivity contribution in [2.24, 2.45) is 0 Å². The number of rotatable bonds is 6. The van der Waals surface area contributed by atoms with E-state index in [0.29, 0.717) is 0 Å². The molecule has 0 aliphatic carbocycles. The average molecular weight is 410 g/mol. The van der Waals surface area contributed by atoms with E-state index in [1.165, 1.54) is 24.8 Å². The summed E-state index contributed by atoms with van der Waals surface area (Å²) in [5, 5.41) is 0.781. The summed E-state index contributed by atoms with van der Waals surface area (Å²) in [7, 11) is 0. The minimum Gasteiger partial charge on any atom is -0.356 e. The first-order valence-electron chi connectivity index (χ1n) is 9.78. The number of aromatic nitrogens is 2. The second kappa shape index (κ2) is 9.44. The van der Waals surface area contributed by atoms with Gasteiger partial charge < -0.3 is 4.90 Å². The fourth-order valence-corrected chi connectivity index (χ4v) is 4.43. The van der Waals surface area contributed by atoms with E-state index in [4.69, 9.17) is 21.6 Å². The summed E-state index contributed by atoms with van der Waals surface area (Å²) in [6, 6.07) is 20.5. The molecule has 1 saturated heterocycles. The minimum atomic E-state index is 0.781. The highest BCUT2D eigenvalue weighted by atomic mass is 35.5. The number of anilines is 1. The zero-order valence-electron chi connectivity index (χ0n) is 15.9. The van der Waals surface area contributed by atoms with Gasteiger partial charge in [0.2, 0.25) is 0 Å². The molecule has 5 heteroatoms. The van der Waals surface area contributed by atoms with Gasteiger partial charge in [-0.3, -0.25) is 0 Å². The Hall–Kier alpha value is -2.04. The van der Waals surface area contributed by atoms with E-state index >= 15 is 0 Å². The van der Waals surface area contributed by atoms with Gasteiger partial charge >= 0.3 is 0 Å². The summed E-state index contributed by atoms with van der Waals surface area (Å²) < 4.78 is 0. The molecule has 28 heavy (non-hydrogen) atoms. The Balaban J connectivity index is 1.53. The summed E-state index contributed by atoms with van der Waals surface area (Å²) in [5.41, 5.74) is 3.45.